The largest absolute Gasteiger partial charge is 0.480 e. The normalized spacial score (nSPS) is 25.6. The lowest BCUT2D eigenvalue weighted by Crippen LogP contribution is -2.51. The average molecular weight is 269 g/mol. The van der Waals surface area contributed by atoms with E-state index in [1.807, 2.05) is 0 Å². The molecule has 0 aromatic rings. The van der Waals surface area contributed by atoms with Gasteiger partial charge < -0.3 is 5.11 Å². The monoisotopic (exact) mass is 269 g/mol. The fourth-order valence-electron chi connectivity index (χ4n) is 3.48. The predicted octanol–water partition coefficient (Wildman–Crippen LogP) is 3.92. The molecule has 1 heterocycles. The Morgan fingerprint density at radius 3 is 2.58 bits per heavy atom. The van der Waals surface area contributed by atoms with Gasteiger partial charge in [-0.05, 0) is 38.1 Å². The van der Waals surface area contributed by atoms with Crippen LogP contribution in [0.4, 0.5) is 0 Å². The van der Waals surface area contributed by atoms with E-state index in [1.54, 1.807) is 0 Å². The van der Waals surface area contributed by atoms with Crippen molar-refractivity contribution in [1.29, 1.82) is 0 Å². The van der Waals surface area contributed by atoms with Gasteiger partial charge in [-0.3, -0.25) is 9.69 Å². The Morgan fingerprint density at radius 2 is 2.05 bits per heavy atom. The van der Waals surface area contributed by atoms with Crippen LogP contribution in [-0.4, -0.2) is 34.6 Å². The van der Waals surface area contributed by atoms with Gasteiger partial charge in [-0.25, -0.2) is 0 Å². The van der Waals surface area contributed by atoms with E-state index < -0.39 is 11.5 Å². The number of hydrogen-bond acceptors (Lipinski definition) is 2. The molecule has 0 aliphatic carbocycles. The van der Waals surface area contributed by atoms with Crippen LogP contribution in [0.1, 0.15) is 72.1 Å². The Kier molecular flexibility index (Phi) is 6.84. The van der Waals surface area contributed by atoms with E-state index in [-0.39, 0.29) is 0 Å². The molecule has 0 bridgehead atoms. The van der Waals surface area contributed by atoms with Gasteiger partial charge >= 0.3 is 5.97 Å². The number of rotatable bonds is 9. The first kappa shape index (κ1) is 16.5. The third-order valence-electron chi connectivity index (χ3n) is 4.71. The van der Waals surface area contributed by atoms with Gasteiger partial charge in [0, 0.05) is 6.54 Å². The summed E-state index contributed by atoms with van der Waals surface area (Å²) in [6.45, 7) is 8.49. The first-order valence-corrected chi connectivity index (χ1v) is 8.09. The maximum absolute atomic E-state index is 11.8. The summed E-state index contributed by atoms with van der Waals surface area (Å²) in [7, 11) is 0. The molecule has 1 aliphatic rings. The molecular formula is C16H31NO2. The Labute approximate surface area is 118 Å². The molecule has 19 heavy (non-hydrogen) atoms. The second-order valence-corrected chi connectivity index (χ2v) is 6.05. The summed E-state index contributed by atoms with van der Waals surface area (Å²) in [6.07, 6.45) is 8.53. The Hall–Kier alpha value is -0.570. The molecule has 1 fully saturated rings. The zero-order valence-corrected chi connectivity index (χ0v) is 13.0. The number of carboxylic acid groups (broad SMARTS) is 1. The van der Waals surface area contributed by atoms with Crippen molar-refractivity contribution in [3.05, 3.63) is 0 Å². The number of nitrogens with zero attached hydrogens (tertiary/aromatic N) is 1. The molecule has 3 nitrogen and oxygen atoms in total. The standard InChI is InChI=1S/C16H31NO2/c1-4-7-9-14(6-3)13-17-12-8-11-16(17,10-5-2)15(18)19/h14H,4-13H2,1-3H3,(H,18,19). The van der Waals surface area contributed by atoms with Crippen molar-refractivity contribution >= 4 is 5.97 Å². The molecule has 2 unspecified atom stereocenters. The molecule has 1 saturated heterocycles. The molecular weight excluding hydrogens is 238 g/mol. The van der Waals surface area contributed by atoms with Crippen LogP contribution >= 0.6 is 0 Å². The summed E-state index contributed by atoms with van der Waals surface area (Å²) in [4.78, 5) is 14.0. The predicted molar refractivity (Wildman–Crippen MR) is 79.4 cm³/mol. The summed E-state index contributed by atoms with van der Waals surface area (Å²) >= 11 is 0. The molecule has 0 saturated carbocycles. The SMILES string of the molecule is CCCCC(CC)CN1CCCC1(CCC)C(=O)O. The van der Waals surface area contributed by atoms with Crippen LogP contribution in [0.25, 0.3) is 0 Å². The van der Waals surface area contributed by atoms with Gasteiger partial charge in [-0.2, -0.15) is 0 Å². The fourth-order valence-corrected chi connectivity index (χ4v) is 3.48. The minimum atomic E-state index is -0.600. The van der Waals surface area contributed by atoms with Crippen LogP contribution in [0.15, 0.2) is 0 Å². The lowest BCUT2D eigenvalue weighted by atomic mass is 9.89. The van der Waals surface area contributed by atoms with Crippen molar-refractivity contribution in [2.75, 3.05) is 13.1 Å². The summed E-state index contributed by atoms with van der Waals surface area (Å²) in [5, 5.41) is 9.69. The molecule has 1 aliphatic heterocycles. The summed E-state index contributed by atoms with van der Waals surface area (Å²) in [6, 6.07) is 0. The zero-order valence-electron chi connectivity index (χ0n) is 13.0. The second kappa shape index (κ2) is 7.88. The van der Waals surface area contributed by atoms with E-state index in [1.165, 1.54) is 25.7 Å². The van der Waals surface area contributed by atoms with Crippen LogP contribution in [0.5, 0.6) is 0 Å². The lowest BCUT2D eigenvalue weighted by Gasteiger charge is -2.36. The summed E-state index contributed by atoms with van der Waals surface area (Å²) < 4.78 is 0. The van der Waals surface area contributed by atoms with Crippen LogP contribution in [0, 0.1) is 5.92 Å². The minimum absolute atomic E-state index is 0.561. The Balaban J connectivity index is 2.70. The number of likely N-dealkylation sites (tertiary alicyclic amines) is 1. The number of unbranched alkanes of at least 4 members (excludes halogenated alkanes) is 1. The van der Waals surface area contributed by atoms with Gasteiger partial charge in [-0.1, -0.05) is 46.5 Å². The van der Waals surface area contributed by atoms with E-state index in [0.29, 0.717) is 5.92 Å². The topological polar surface area (TPSA) is 40.5 Å². The first-order valence-electron chi connectivity index (χ1n) is 8.09. The van der Waals surface area contributed by atoms with E-state index in [9.17, 15) is 9.90 Å². The van der Waals surface area contributed by atoms with Gasteiger partial charge in [0.05, 0.1) is 0 Å². The number of hydrogen-bond donors (Lipinski definition) is 1. The van der Waals surface area contributed by atoms with Gasteiger partial charge in [0.25, 0.3) is 0 Å². The highest BCUT2D eigenvalue weighted by Gasteiger charge is 2.46. The van der Waals surface area contributed by atoms with Crippen LogP contribution in [-0.2, 0) is 4.79 Å². The van der Waals surface area contributed by atoms with Gasteiger partial charge in [0.2, 0.25) is 0 Å². The third-order valence-corrected chi connectivity index (χ3v) is 4.71. The molecule has 0 spiro atoms. The molecule has 0 radical (unpaired) electrons. The summed E-state index contributed by atoms with van der Waals surface area (Å²) in [5.74, 6) is 0.0609. The Bertz CT molecular complexity index is 280. The van der Waals surface area contributed by atoms with E-state index >= 15 is 0 Å². The van der Waals surface area contributed by atoms with Crippen molar-refractivity contribution in [3.8, 4) is 0 Å². The molecule has 0 amide bonds. The molecule has 112 valence electrons. The third kappa shape index (κ3) is 3.95. The zero-order chi connectivity index (χ0) is 14.3. The quantitative estimate of drug-likeness (QED) is 0.689. The molecule has 2 atom stereocenters. The molecule has 1 N–H and O–H groups in total. The maximum atomic E-state index is 11.8. The minimum Gasteiger partial charge on any atom is -0.480 e. The van der Waals surface area contributed by atoms with Crippen molar-refractivity contribution in [3.63, 3.8) is 0 Å². The number of aliphatic carboxylic acids is 1. The molecule has 0 aromatic carbocycles. The number of carbonyl (C=O) groups is 1. The fraction of sp³-hybridized carbons (Fsp3) is 0.938. The molecule has 0 aromatic heterocycles. The smallest absolute Gasteiger partial charge is 0.324 e. The highest BCUT2D eigenvalue weighted by Crippen LogP contribution is 2.35. The van der Waals surface area contributed by atoms with Crippen LogP contribution < -0.4 is 0 Å². The van der Waals surface area contributed by atoms with Gasteiger partial charge in [0.1, 0.15) is 5.54 Å². The van der Waals surface area contributed by atoms with Crippen molar-refractivity contribution in [2.45, 2.75) is 77.7 Å². The average Bonchev–Trinajstić information content (AvgIpc) is 2.79. The van der Waals surface area contributed by atoms with E-state index in [4.69, 9.17) is 0 Å². The summed E-state index contributed by atoms with van der Waals surface area (Å²) in [5.41, 5.74) is -0.561. The van der Waals surface area contributed by atoms with Gasteiger partial charge in [0.15, 0.2) is 0 Å². The van der Waals surface area contributed by atoms with Crippen molar-refractivity contribution in [2.24, 2.45) is 5.92 Å². The van der Waals surface area contributed by atoms with Gasteiger partial charge in [-0.15, -0.1) is 0 Å². The lowest BCUT2D eigenvalue weighted by molar-refractivity contribution is -0.150. The Morgan fingerprint density at radius 1 is 1.32 bits per heavy atom. The number of carboxylic acids is 1. The second-order valence-electron chi connectivity index (χ2n) is 6.05. The molecule has 1 rings (SSSR count). The highest BCUT2D eigenvalue weighted by molar-refractivity contribution is 5.79. The first-order chi connectivity index (χ1) is 9.10. The van der Waals surface area contributed by atoms with E-state index in [0.717, 1.165) is 38.8 Å². The maximum Gasteiger partial charge on any atom is 0.324 e. The van der Waals surface area contributed by atoms with Crippen LogP contribution in [0.3, 0.4) is 0 Å². The van der Waals surface area contributed by atoms with Crippen molar-refractivity contribution < 1.29 is 9.90 Å². The van der Waals surface area contributed by atoms with E-state index in [2.05, 4.69) is 25.7 Å². The van der Waals surface area contributed by atoms with Crippen LogP contribution in [0.2, 0.25) is 0 Å². The molecule has 3 heteroatoms. The highest BCUT2D eigenvalue weighted by atomic mass is 16.4. The van der Waals surface area contributed by atoms with Crippen molar-refractivity contribution in [1.82, 2.24) is 4.90 Å².